The molecule has 1 fully saturated rings. The molecule has 2 aliphatic rings. The average molecular weight is 474 g/mol. The van der Waals surface area contributed by atoms with Gasteiger partial charge in [0.25, 0.3) is 11.5 Å². The predicted octanol–water partition coefficient (Wildman–Crippen LogP) is 2.95. The summed E-state index contributed by atoms with van der Waals surface area (Å²) in [5.74, 6) is -0.185. The molecule has 2 aliphatic heterocycles. The van der Waals surface area contributed by atoms with Gasteiger partial charge in [-0.1, -0.05) is 60.0 Å². The highest BCUT2D eigenvalue weighted by Gasteiger charge is 2.34. The zero-order valence-electron chi connectivity index (χ0n) is 16.3. The minimum Gasteiger partial charge on any atom is -0.334 e. The van der Waals surface area contributed by atoms with Crippen LogP contribution in [-0.2, 0) is 11.3 Å². The van der Waals surface area contributed by atoms with E-state index < -0.39 is 0 Å². The van der Waals surface area contributed by atoms with Crippen molar-refractivity contribution in [3.05, 3.63) is 69.1 Å². The van der Waals surface area contributed by atoms with E-state index in [0.29, 0.717) is 31.5 Å². The highest BCUT2D eigenvalue weighted by molar-refractivity contribution is 8.30. The number of anilines is 1. The Morgan fingerprint density at radius 2 is 1.80 bits per heavy atom. The molecule has 0 aliphatic carbocycles. The summed E-state index contributed by atoms with van der Waals surface area (Å²) in [5, 5.41) is 0.902. The maximum absolute atomic E-state index is 13.4. The van der Waals surface area contributed by atoms with Crippen LogP contribution in [-0.4, -0.2) is 32.8 Å². The number of rotatable bonds is 5. The van der Waals surface area contributed by atoms with Gasteiger partial charge in [0.2, 0.25) is 0 Å². The number of nitrogens with zero attached hydrogens (tertiary/aromatic N) is 3. The number of hydrogen-bond acceptors (Lipinski definition) is 7. The van der Waals surface area contributed by atoms with E-state index in [1.807, 2.05) is 12.1 Å². The van der Waals surface area contributed by atoms with Crippen molar-refractivity contribution in [2.24, 2.45) is 0 Å². The first-order valence-corrected chi connectivity index (χ1v) is 12.2. The van der Waals surface area contributed by atoms with Gasteiger partial charge >= 0.3 is 0 Å². The molecule has 9 heteroatoms. The Kier molecular flexibility index (Phi) is 6.06. The third-order valence-electron chi connectivity index (χ3n) is 4.67. The molecule has 1 aromatic carbocycles. The number of hydrogen-bond donors (Lipinski definition) is 0. The van der Waals surface area contributed by atoms with Crippen LogP contribution in [0.3, 0.4) is 0 Å². The molecular weight excluding hydrogens is 455 g/mol. The fourth-order valence-electron chi connectivity index (χ4n) is 3.34. The quantitative estimate of drug-likeness (QED) is 0.492. The lowest BCUT2D eigenvalue weighted by molar-refractivity contribution is -0.120. The molecule has 5 nitrogen and oxygen atoms in total. The minimum atomic E-state index is -0.185. The molecule has 0 bridgehead atoms. The molecule has 154 valence electrons. The van der Waals surface area contributed by atoms with Crippen LogP contribution in [0.5, 0.6) is 0 Å². The van der Waals surface area contributed by atoms with E-state index in [1.165, 1.54) is 28.0 Å². The van der Waals surface area contributed by atoms with Crippen LogP contribution >= 0.6 is 47.1 Å². The van der Waals surface area contributed by atoms with E-state index in [4.69, 9.17) is 12.2 Å². The van der Waals surface area contributed by atoms with Gasteiger partial charge in [-0.15, -0.1) is 24.5 Å². The Morgan fingerprint density at radius 3 is 2.50 bits per heavy atom. The van der Waals surface area contributed by atoms with Gasteiger partial charge in [-0.25, -0.2) is 0 Å². The zero-order chi connectivity index (χ0) is 21.4. The largest absolute Gasteiger partial charge is 0.334 e. The summed E-state index contributed by atoms with van der Waals surface area (Å²) in [5.41, 5.74) is 0.986. The number of amides is 1. The Hall–Kier alpha value is -2.07. The Morgan fingerprint density at radius 1 is 1.07 bits per heavy atom. The molecule has 0 atom stereocenters. The van der Waals surface area contributed by atoms with Crippen molar-refractivity contribution in [3.8, 4) is 0 Å². The minimum absolute atomic E-state index is 0.113. The highest BCUT2D eigenvalue weighted by atomic mass is 32.2. The first-order valence-electron chi connectivity index (χ1n) is 9.29. The lowest BCUT2D eigenvalue weighted by atomic mass is 10.3. The van der Waals surface area contributed by atoms with Crippen LogP contribution in [0, 0.1) is 0 Å². The molecule has 0 unspecified atom stereocenters. The topological polar surface area (TPSA) is 45.6 Å². The smallest absolute Gasteiger partial charge is 0.272 e. The number of aromatic nitrogens is 1. The van der Waals surface area contributed by atoms with Crippen LogP contribution in [0.25, 0.3) is 9.93 Å². The predicted molar refractivity (Wildman–Crippen MR) is 132 cm³/mol. The number of thiazole rings is 1. The van der Waals surface area contributed by atoms with Crippen molar-refractivity contribution >= 4 is 72.9 Å². The Balaban J connectivity index is 1.99. The lowest BCUT2D eigenvalue weighted by Crippen LogP contribution is -2.35. The van der Waals surface area contributed by atoms with Crippen LogP contribution in [0.4, 0.5) is 5.69 Å². The average Bonchev–Trinajstić information content (AvgIpc) is 3.36. The summed E-state index contributed by atoms with van der Waals surface area (Å²) in [6.07, 6.45) is 3.32. The molecule has 1 saturated heterocycles. The second-order valence-corrected chi connectivity index (χ2v) is 10.1. The van der Waals surface area contributed by atoms with Gasteiger partial charge in [-0.2, -0.15) is 0 Å². The van der Waals surface area contributed by atoms with E-state index in [1.54, 1.807) is 28.5 Å². The Bertz CT molecular complexity index is 1260. The Labute approximate surface area is 192 Å². The fourth-order valence-corrected chi connectivity index (χ4v) is 7.28. The summed E-state index contributed by atoms with van der Waals surface area (Å²) in [6, 6.07) is 8.12. The van der Waals surface area contributed by atoms with E-state index in [9.17, 15) is 9.59 Å². The highest BCUT2D eigenvalue weighted by Crippen LogP contribution is 2.45. The van der Waals surface area contributed by atoms with Crippen molar-refractivity contribution in [3.63, 3.8) is 0 Å². The molecular formula is C21H19N3O2S4. The van der Waals surface area contributed by atoms with Crippen molar-refractivity contribution in [2.75, 3.05) is 18.0 Å². The number of carbonyl (C=O) groups is 1. The number of para-hydroxylation sites is 1. The molecule has 0 radical (unpaired) electrons. The van der Waals surface area contributed by atoms with E-state index in [0.717, 1.165) is 22.2 Å². The first kappa shape index (κ1) is 21.2. The molecule has 0 N–H and O–H groups in total. The fraction of sp³-hybridized carbons (Fsp3) is 0.190. The summed E-state index contributed by atoms with van der Waals surface area (Å²) in [6.45, 7) is 11.0. The number of carbonyl (C=O) groups excluding carboxylic acids is 1. The molecule has 3 heterocycles. The number of thioether (sulfide) groups is 2. The maximum atomic E-state index is 13.4. The summed E-state index contributed by atoms with van der Waals surface area (Å²) < 4.78 is 3.35. The third-order valence-corrected chi connectivity index (χ3v) is 8.74. The molecule has 2 aromatic rings. The second-order valence-electron chi connectivity index (χ2n) is 6.46. The second kappa shape index (κ2) is 8.58. The number of benzene rings is 1. The van der Waals surface area contributed by atoms with E-state index >= 15 is 0 Å². The van der Waals surface area contributed by atoms with Gasteiger partial charge in [-0.05, 0) is 19.1 Å². The van der Waals surface area contributed by atoms with Crippen molar-refractivity contribution in [1.82, 2.24) is 9.47 Å². The molecule has 1 amide bonds. The standard InChI is InChI=1S/C21H19N3O2S4/c1-4-11-23-17(25)15(19-22(6-3)13-9-7-8-10-14(13)28-19)29-20(23)16-18(26)24(12-5-2)21(27)30-16/h4-5,7-10H,1-2,6,11-12H2,3H3/b19-15+,20-16-. The molecule has 30 heavy (non-hydrogen) atoms. The third kappa shape index (κ3) is 3.39. The maximum Gasteiger partial charge on any atom is 0.272 e. The van der Waals surface area contributed by atoms with Crippen LogP contribution in [0.1, 0.15) is 6.92 Å². The molecule has 0 saturated carbocycles. The van der Waals surface area contributed by atoms with Gasteiger partial charge < -0.3 is 4.90 Å². The SMILES string of the molecule is C=CCN1C(=O)/C(=c2/s/c(=C3/Sc4ccccc4N3CC)c(=O)n2CC=C)SC1=S. The van der Waals surface area contributed by atoms with Gasteiger partial charge in [-0.3, -0.25) is 19.1 Å². The van der Waals surface area contributed by atoms with Crippen LogP contribution in [0.2, 0.25) is 0 Å². The number of fused-ring (bicyclic) bond motifs is 1. The van der Waals surface area contributed by atoms with E-state index in [-0.39, 0.29) is 11.5 Å². The zero-order valence-corrected chi connectivity index (χ0v) is 19.6. The van der Waals surface area contributed by atoms with Crippen LogP contribution in [0.15, 0.2) is 59.3 Å². The lowest BCUT2D eigenvalue weighted by Gasteiger charge is -2.16. The van der Waals surface area contributed by atoms with Crippen molar-refractivity contribution in [1.29, 1.82) is 0 Å². The summed E-state index contributed by atoms with van der Waals surface area (Å²) in [7, 11) is 0. The van der Waals surface area contributed by atoms with Gasteiger partial charge in [0, 0.05) is 24.5 Å². The van der Waals surface area contributed by atoms with Gasteiger partial charge in [0.1, 0.15) is 23.4 Å². The monoisotopic (exact) mass is 473 g/mol. The number of thiocarbonyl (C=S) groups is 1. The summed E-state index contributed by atoms with van der Waals surface area (Å²) >= 11 is 9.56. The van der Waals surface area contributed by atoms with Gasteiger partial charge in [0.15, 0.2) is 0 Å². The van der Waals surface area contributed by atoms with Crippen molar-refractivity contribution in [2.45, 2.75) is 18.4 Å². The molecule has 4 rings (SSSR count). The summed E-state index contributed by atoms with van der Waals surface area (Å²) in [4.78, 5) is 31.6. The van der Waals surface area contributed by atoms with E-state index in [2.05, 4.69) is 37.1 Å². The first-order chi connectivity index (χ1) is 14.5. The van der Waals surface area contributed by atoms with Crippen LogP contribution < -0.4 is 19.7 Å². The molecule has 1 aromatic heterocycles. The van der Waals surface area contributed by atoms with Gasteiger partial charge in [0.05, 0.1) is 5.69 Å². The normalized spacial score (nSPS) is 19.5. The van der Waals surface area contributed by atoms with Crippen molar-refractivity contribution < 1.29 is 4.79 Å². The number of allylic oxidation sites excluding steroid dienone is 1. The molecule has 0 spiro atoms.